The summed E-state index contributed by atoms with van der Waals surface area (Å²) in [5.41, 5.74) is 9.25. The fraction of sp³-hybridized carbons (Fsp3) is 0.310. The van der Waals surface area contributed by atoms with Gasteiger partial charge in [0, 0.05) is 43.4 Å². The lowest BCUT2D eigenvalue weighted by atomic mass is 9.93. The number of nitrogens with one attached hydrogen (secondary N) is 2. The maximum Gasteiger partial charge on any atom is 0.253 e. The fourth-order valence-electron chi connectivity index (χ4n) is 5.27. The maximum absolute atomic E-state index is 12.9. The molecule has 36 heavy (non-hydrogen) atoms. The Morgan fingerprint density at radius 2 is 1.94 bits per heavy atom. The highest BCUT2D eigenvalue weighted by molar-refractivity contribution is 7.80. The van der Waals surface area contributed by atoms with Crippen molar-refractivity contribution in [3.63, 3.8) is 0 Å². The van der Waals surface area contributed by atoms with Crippen molar-refractivity contribution in [3.8, 4) is 0 Å². The largest absolute Gasteiger partial charge is 0.377 e. The van der Waals surface area contributed by atoms with Crippen molar-refractivity contribution >= 4 is 23.1 Å². The molecule has 0 bridgehead atoms. The third kappa shape index (κ3) is 4.51. The van der Waals surface area contributed by atoms with Gasteiger partial charge in [-0.15, -0.1) is 0 Å². The van der Waals surface area contributed by atoms with Crippen LogP contribution in [0.15, 0.2) is 61.2 Å². The first-order chi connectivity index (χ1) is 17.3. The molecule has 1 aromatic carbocycles. The molecule has 1 saturated heterocycles. The molecule has 3 heterocycles. The molecule has 2 aliphatic rings. The molecule has 2 unspecified atom stereocenters. The van der Waals surface area contributed by atoms with E-state index in [1.54, 1.807) is 6.20 Å². The van der Waals surface area contributed by atoms with Crippen LogP contribution in [0.2, 0.25) is 0 Å². The second-order valence-corrected chi connectivity index (χ2v) is 10.1. The number of carbonyl (C=O) groups is 1. The van der Waals surface area contributed by atoms with E-state index in [2.05, 4.69) is 63.3 Å². The van der Waals surface area contributed by atoms with E-state index < -0.39 is 0 Å². The van der Waals surface area contributed by atoms with Crippen molar-refractivity contribution in [2.24, 2.45) is 0 Å². The lowest BCUT2D eigenvalue weighted by Gasteiger charge is -2.24. The molecule has 7 heteroatoms. The van der Waals surface area contributed by atoms with Crippen LogP contribution in [-0.2, 0) is 12.8 Å². The summed E-state index contributed by atoms with van der Waals surface area (Å²) < 4.78 is 0. The summed E-state index contributed by atoms with van der Waals surface area (Å²) in [6.45, 7) is 9.08. The predicted octanol–water partition coefficient (Wildman–Crippen LogP) is 4.19. The molecule has 0 spiro atoms. The van der Waals surface area contributed by atoms with Gasteiger partial charge in [0.2, 0.25) is 0 Å². The first-order valence-electron chi connectivity index (χ1n) is 12.3. The van der Waals surface area contributed by atoms with Crippen molar-refractivity contribution in [1.29, 1.82) is 0 Å². The zero-order valence-corrected chi connectivity index (χ0v) is 21.8. The summed E-state index contributed by atoms with van der Waals surface area (Å²) in [6.07, 6.45) is 8.20. The molecule has 1 fully saturated rings. The van der Waals surface area contributed by atoms with E-state index in [1.165, 1.54) is 22.3 Å². The van der Waals surface area contributed by atoms with Gasteiger partial charge < -0.3 is 15.5 Å². The summed E-state index contributed by atoms with van der Waals surface area (Å²) in [6, 6.07) is 10.2. The van der Waals surface area contributed by atoms with Crippen LogP contribution in [-0.4, -0.2) is 45.4 Å². The van der Waals surface area contributed by atoms with E-state index in [4.69, 9.17) is 12.2 Å². The topological polar surface area (TPSA) is 70.1 Å². The average molecular weight is 498 g/mol. The maximum atomic E-state index is 12.9. The van der Waals surface area contributed by atoms with Gasteiger partial charge in [0.25, 0.3) is 5.91 Å². The Bertz CT molecular complexity index is 1370. The number of aromatic nitrogens is 2. The Kier molecular flexibility index (Phi) is 6.58. The normalized spacial score (nSPS) is 18.8. The van der Waals surface area contributed by atoms with Gasteiger partial charge in [-0.2, -0.15) is 0 Å². The molecule has 2 atom stereocenters. The Labute approximate surface area is 217 Å². The molecule has 2 N–H and O–H groups in total. The second kappa shape index (κ2) is 9.82. The number of benzene rings is 1. The Morgan fingerprint density at radius 1 is 1.11 bits per heavy atom. The van der Waals surface area contributed by atoms with Crippen LogP contribution in [0.1, 0.15) is 61.9 Å². The van der Waals surface area contributed by atoms with Gasteiger partial charge in [-0.05, 0) is 73.1 Å². The monoisotopic (exact) mass is 497 g/mol. The summed E-state index contributed by atoms with van der Waals surface area (Å²) >= 11 is 5.87. The minimum Gasteiger partial charge on any atom is -0.377 e. The van der Waals surface area contributed by atoms with Gasteiger partial charge in [-0.3, -0.25) is 14.8 Å². The van der Waals surface area contributed by atoms with Crippen LogP contribution in [0.4, 0.5) is 0 Å². The zero-order chi connectivity index (χ0) is 25.4. The lowest BCUT2D eigenvalue weighted by molar-refractivity contribution is 0.0942. The van der Waals surface area contributed by atoms with Crippen molar-refractivity contribution in [1.82, 2.24) is 25.5 Å². The van der Waals surface area contributed by atoms with Gasteiger partial charge in [-0.25, -0.2) is 0 Å². The summed E-state index contributed by atoms with van der Waals surface area (Å²) in [4.78, 5) is 24.5. The van der Waals surface area contributed by atoms with Gasteiger partial charge in [0.1, 0.15) is 10.7 Å². The van der Waals surface area contributed by atoms with E-state index in [0.29, 0.717) is 16.2 Å². The second-order valence-electron chi connectivity index (χ2n) is 9.74. The Hall–Kier alpha value is -3.58. The highest BCUT2D eigenvalue weighted by atomic mass is 32.1. The summed E-state index contributed by atoms with van der Waals surface area (Å²) in [5, 5.41) is 6.66. The number of hydrogen-bond acceptors (Lipinski definition) is 5. The standard InChI is InChI=1S/C29H31N5OS/c1-17-6-5-7-23-22(17)9-8-20-10-12-30-16-24(20)27(23)33-29(36)26-18(2)14-21(15-31-26)28(35)32-25-11-13-34(4)19(25)3/h5-7,10,12,14-16,25,27H,3,8-9,11,13H2,1-2,4H3,(H,32,35)(H,33,36). The van der Waals surface area contributed by atoms with E-state index in [0.717, 1.165) is 42.6 Å². The van der Waals surface area contributed by atoms with Crippen LogP contribution < -0.4 is 10.6 Å². The molecule has 0 saturated carbocycles. The highest BCUT2D eigenvalue weighted by Gasteiger charge is 2.27. The number of rotatable bonds is 4. The Morgan fingerprint density at radius 3 is 2.69 bits per heavy atom. The molecule has 2 aromatic heterocycles. The minimum atomic E-state index is -0.148. The third-order valence-corrected chi connectivity index (χ3v) is 7.75. The quantitative estimate of drug-likeness (QED) is 0.527. The number of thiocarbonyl (C=S) groups is 1. The number of fused-ring (bicyclic) bond motifs is 2. The Balaban J connectivity index is 1.40. The average Bonchev–Trinajstić information content (AvgIpc) is 3.09. The number of hydrogen-bond donors (Lipinski definition) is 2. The number of likely N-dealkylation sites (N-methyl/N-ethyl adjacent to an activating group) is 1. The molecular weight excluding hydrogens is 466 g/mol. The van der Waals surface area contributed by atoms with E-state index in [-0.39, 0.29) is 18.0 Å². The first kappa shape index (κ1) is 24.1. The molecule has 184 valence electrons. The highest BCUT2D eigenvalue weighted by Crippen LogP contribution is 2.34. The van der Waals surface area contributed by atoms with Crippen molar-refractivity contribution < 1.29 is 4.79 Å². The molecule has 1 aliphatic heterocycles. The van der Waals surface area contributed by atoms with E-state index in [1.807, 2.05) is 32.4 Å². The summed E-state index contributed by atoms with van der Waals surface area (Å²) in [7, 11) is 1.99. The van der Waals surface area contributed by atoms with Crippen LogP contribution in [0.5, 0.6) is 0 Å². The van der Waals surface area contributed by atoms with Crippen molar-refractivity contribution in [3.05, 3.63) is 106 Å². The molecule has 1 amide bonds. The molecule has 5 rings (SSSR count). The number of carbonyl (C=O) groups excluding carboxylic acids is 1. The lowest BCUT2D eigenvalue weighted by Crippen LogP contribution is -2.35. The van der Waals surface area contributed by atoms with Gasteiger partial charge >= 0.3 is 0 Å². The van der Waals surface area contributed by atoms with Crippen molar-refractivity contribution in [2.45, 2.75) is 45.2 Å². The van der Waals surface area contributed by atoms with Gasteiger partial charge in [0.05, 0.1) is 17.6 Å². The van der Waals surface area contributed by atoms with Gasteiger partial charge in [-0.1, -0.05) is 37.0 Å². The number of likely N-dealkylation sites (tertiary alicyclic amines) is 1. The SMILES string of the molecule is C=C1C(NC(=O)c2cnc(C(=S)NC3c4cnccc4CCc4c(C)cccc43)c(C)c2)CCN1C. The smallest absolute Gasteiger partial charge is 0.253 e. The van der Waals surface area contributed by atoms with E-state index >= 15 is 0 Å². The van der Waals surface area contributed by atoms with Crippen molar-refractivity contribution in [2.75, 3.05) is 13.6 Å². The molecule has 0 radical (unpaired) electrons. The number of amides is 1. The molecule has 1 aliphatic carbocycles. The number of aryl methyl sites for hydroxylation is 3. The third-order valence-electron chi connectivity index (χ3n) is 7.44. The molecule has 6 nitrogen and oxygen atoms in total. The number of pyridine rings is 2. The first-order valence-corrected chi connectivity index (χ1v) is 12.7. The molecule has 3 aromatic rings. The molecular formula is C29H31N5OS. The summed E-state index contributed by atoms with van der Waals surface area (Å²) in [5.74, 6) is -0.148. The van der Waals surface area contributed by atoms with Crippen LogP contribution >= 0.6 is 12.2 Å². The van der Waals surface area contributed by atoms with Crippen LogP contribution in [0, 0.1) is 13.8 Å². The predicted molar refractivity (Wildman–Crippen MR) is 146 cm³/mol. The van der Waals surface area contributed by atoms with Gasteiger partial charge in [0.15, 0.2) is 0 Å². The zero-order valence-electron chi connectivity index (χ0n) is 21.0. The minimum absolute atomic E-state index is 0.0438. The van der Waals surface area contributed by atoms with Crippen LogP contribution in [0.25, 0.3) is 0 Å². The van der Waals surface area contributed by atoms with E-state index in [9.17, 15) is 4.79 Å². The fourth-order valence-corrected chi connectivity index (χ4v) is 5.61. The van der Waals surface area contributed by atoms with Crippen LogP contribution in [0.3, 0.4) is 0 Å². The number of nitrogens with zero attached hydrogens (tertiary/aromatic N) is 3.